The third-order valence-corrected chi connectivity index (χ3v) is 6.52. The maximum atomic E-state index is 12.6. The molecule has 0 bridgehead atoms. The van der Waals surface area contributed by atoms with Crippen LogP contribution in [0, 0.1) is 5.92 Å². The Bertz CT molecular complexity index is 894. The minimum Gasteiger partial charge on any atom is -0.386 e. The Morgan fingerprint density at radius 2 is 1.78 bits per heavy atom. The van der Waals surface area contributed by atoms with Crippen LogP contribution in [0.4, 0.5) is 5.69 Å². The summed E-state index contributed by atoms with van der Waals surface area (Å²) in [7, 11) is 0. The number of ether oxygens (including phenoxy) is 1. The molecule has 170 valence electrons. The molecule has 1 heterocycles. The molecule has 2 N–H and O–H groups in total. The van der Waals surface area contributed by atoms with Crippen LogP contribution in [-0.4, -0.2) is 47.6 Å². The van der Waals surface area contributed by atoms with Gasteiger partial charge in [0.1, 0.15) is 12.7 Å². The van der Waals surface area contributed by atoms with Gasteiger partial charge >= 0.3 is 0 Å². The molecule has 6 heteroatoms. The fourth-order valence-corrected chi connectivity index (χ4v) is 4.74. The maximum Gasteiger partial charge on any atom is 0.249 e. The van der Waals surface area contributed by atoms with E-state index in [1.807, 2.05) is 35.2 Å². The van der Waals surface area contributed by atoms with E-state index < -0.39 is 12.1 Å². The van der Waals surface area contributed by atoms with E-state index in [0.717, 1.165) is 18.4 Å². The van der Waals surface area contributed by atoms with Crippen LogP contribution >= 0.6 is 0 Å². The van der Waals surface area contributed by atoms with Crippen molar-refractivity contribution in [1.29, 1.82) is 0 Å². The molecule has 1 saturated heterocycles. The van der Waals surface area contributed by atoms with Crippen LogP contribution in [0.15, 0.2) is 54.6 Å². The quantitative estimate of drug-likeness (QED) is 0.694. The molecule has 0 aromatic heterocycles. The van der Waals surface area contributed by atoms with Crippen LogP contribution in [0.25, 0.3) is 0 Å². The predicted octanol–water partition coefficient (Wildman–Crippen LogP) is 3.71. The molecular formula is C26H32N2O4. The van der Waals surface area contributed by atoms with Crippen molar-refractivity contribution in [3.63, 3.8) is 0 Å². The highest BCUT2D eigenvalue weighted by Crippen LogP contribution is 2.30. The zero-order valence-corrected chi connectivity index (χ0v) is 18.4. The SMILES string of the molecule is O=C(Cc1ccccc1)Nc1ccc(C(O)C2COCC(=O)N2CC2CCCCC2)cc1. The second kappa shape index (κ2) is 10.7. The van der Waals surface area contributed by atoms with Gasteiger partial charge in [0.05, 0.1) is 19.1 Å². The lowest BCUT2D eigenvalue weighted by Crippen LogP contribution is -2.53. The first-order valence-electron chi connectivity index (χ1n) is 11.6. The molecule has 2 aliphatic rings. The molecule has 6 nitrogen and oxygen atoms in total. The van der Waals surface area contributed by atoms with Gasteiger partial charge in [0.25, 0.3) is 0 Å². The highest BCUT2D eigenvalue weighted by molar-refractivity contribution is 5.92. The number of aliphatic hydroxyl groups is 1. The van der Waals surface area contributed by atoms with Gasteiger partial charge in [0, 0.05) is 12.2 Å². The van der Waals surface area contributed by atoms with Gasteiger partial charge in [0.15, 0.2) is 0 Å². The number of carbonyl (C=O) groups is 2. The van der Waals surface area contributed by atoms with Crippen LogP contribution in [0.1, 0.15) is 49.3 Å². The molecule has 2 amide bonds. The van der Waals surface area contributed by atoms with Crippen LogP contribution in [0.5, 0.6) is 0 Å². The number of hydrogen-bond donors (Lipinski definition) is 2. The smallest absolute Gasteiger partial charge is 0.249 e. The van der Waals surface area contributed by atoms with Gasteiger partial charge in [-0.25, -0.2) is 0 Å². The normalized spacial score (nSPS) is 20.7. The Morgan fingerprint density at radius 3 is 2.50 bits per heavy atom. The lowest BCUT2D eigenvalue weighted by Gasteiger charge is -2.40. The molecule has 0 spiro atoms. The average molecular weight is 437 g/mol. The Balaban J connectivity index is 1.38. The zero-order chi connectivity index (χ0) is 22.3. The van der Waals surface area contributed by atoms with E-state index >= 15 is 0 Å². The molecule has 1 saturated carbocycles. The molecule has 2 fully saturated rings. The number of rotatable bonds is 7. The standard InChI is InChI=1S/C26H32N2O4/c29-24(15-19-7-3-1-4-8-19)27-22-13-11-21(12-14-22)26(31)23-17-32-18-25(30)28(23)16-20-9-5-2-6-10-20/h1,3-4,7-8,11-14,20,23,26,31H,2,5-6,9-10,15-18H2,(H,27,29). The van der Waals surface area contributed by atoms with E-state index in [4.69, 9.17) is 4.74 Å². The number of nitrogens with zero attached hydrogens (tertiary/aromatic N) is 1. The minimum atomic E-state index is -0.836. The number of aliphatic hydroxyl groups excluding tert-OH is 1. The summed E-state index contributed by atoms with van der Waals surface area (Å²) in [5.74, 6) is 0.368. The minimum absolute atomic E-state index is 0.0457. The number of carbonyl (C=O) groups excluding carboxylic acids is 2. The van der Waals surface area contributed by atoms with Crippen molar-refractivity contribution in [2.45, 2.75) is 50.7 Å². The summed E-state index contributed by atoms with van der Waals surface area (Å²) in [6.45, 7) is 1.11. The first-order valence-corrected chi connectivity index (χ1v) is 11.6. The Hall–Kier alpha value is -2.70. The van der Waals surface area contributed by atoms with E-state index in [-0.39, 0.29) is 18.4 Å². The van der Waals surface area contributed by atoms with E-state index in [1.54, 1.807) is 24.3 Å². The van der Waals surface area contributed by atoms with Crippen LogP contribution < -0.4 is 5.32 Å². The second-order valence-electron chi connectivity index (χ2n) is 8.91. The molecule has 0 radical (unpaired) electrons. The first kappa shape index (κ1) is 22.5. The van der Waals surface area contributed by atoms with Crippen LogP contribution in [0.2, 0.25) is 0 Å². The summed E-state index contributed by atoms with van der Waals surface area (Å²) in [6, 6.07) is 16.4. The lowest BCUT2D eigenvalue weighted by atomic mass is 9.88. The Kier molecular flexibility index (Phi) is 7.55. The topological polar surface area (TPSA) is 78.9 Å². The number of hydrogen-bond acceptors (Lipinski definition) is 4. The number of anilines is 1. The van der Waals surface area contributed by atoms with Crippen molar-refractivity contribution >= 4 is 17.5 Å². The number of amides is 2. The van der Waals surface area contributed by atoms with Gasteiger partial charge in [0.2, 0.25) is 11.8 Å². The fourth-order valence-electron chi connectivity index (χ4n) is 4.74. The van der Waals surface area contributed by atoms with Crippen LogP contribution in [0.3, 0.4) is 0 Å². The molecule has 2 aromatic rings. The van der Waals surface area contributed by atoms with Gasteiger partial charge in [-0.1, -0.05) is 61.7 Å². The summed E-state index contributed by atoms with van der Waals surface area (Å²) in [6.07, 6.45) is 5.46. The van der Waals surface area contributed by atoms with Crippen molar-refractivity contribution in [2.75, 3.05) is 25.1 Å². The molecular weight excluding hydrogens is 404 g/mol. The number of nitrogens with one attached hydrogen (secondary N) is 1. The average Bonchev–Trinajstić information content (AvgIpc) is 2.82. The summed E-state index contributed by atoms with van der Waals surface area (Å²) < 4.78 is 5.48. The fraction of sp³-hybridized carbons (Fsp3) is 0.462. The summed E-state index contributed by atoms with van der Waals surface area (Å²) in [5.41, 5.74) is 2.34. The first-order chi connectivity index (χ1) is 15.6. The van der Waals surface area contributed by atoms with Crippen molar-refractivity contribution in [1.82, 2.24) is 4.90 Å². The third kappa shape index (κ3) is 5.75. The van der Waals surface area contributed by atoms with Crippen molar-refractivity contribution in [3.8, 4) is 0 Å². The third-order valence-electron chi connectivity index (χ3n) is 6.52. The van der Waals surface area contributed by atoms with Crippen molar-refractivity contribution in [3.05, 3.63) is 65.7 Å². The van der Waals surface area contributed by atoms with E-state index in [0.29, 0.717) is 36.7 Å². The largest absolute Gasteiger partial charge is 0.386 e. The predicted molar refractivity (Wildman–Crippen MR) is 123 cm³/mol. The van der Waals surface area contributed by atoms with Gasteiger partial charge in [-0.3, -0.25) is 9.59 Å². The lowest BCUT2D eigenvalue weighted by molar-refractivity contribution is -0.155. The molecule has 2 aromatic carbocycles. The monoisotopic (exact) mass is 436 g/mol. The van der Waals surface area contributed by atoms with E-state index in [1.165, 1.54) is 19.3 Å². The number of morpholine rings is 1. The molecule has 2 atom stereocenters. The Labute approximate surface area is 189 Å². The van der Waals surface area contributed by atoms with Gasteiger partial charge in [-0.2, -0.15) is 0 Å². The summed E-state index contributed by atoms with van der Waals surface area (Å²) in [4.78, 5) is 26.7. The highest BCUT2D eigenvalue weighted by Gasteiger charge is 2.36. The van der Waals surface area contributed by atoms with Gasteiger partial charge in [-0.15, -0.1) is 0 Å². The van der Waals surface area contributed by atoms with E-state index in [2.05, 4.69) is 5.32 Å². The molecule has 32 heavy (non-hydrogen) atoms. The van der Waals surface area contributed by atoms with Crippen LogP contribution in [-0.2, 0) is 20.7 Å². The van der Waals surface area contributed by atoms with Crippen molar-refractivity contribution < 1.29 is 19.4 Å². The van der Waals surface area contributed by atoms with Gasteiger partial charge < -0.3 is 20.1 Å². The molecule has 1 aliphatic carbocycles. The molecule has 2 unspecified atom stereocenters. The highest BCUT2D eigenvalue weighted by atomic mass is 16.5. The second-order valence-corrected chi connectivity index (χ2v) is 8.91. The van der Waals surface area contributed by atoms with Gasteiger partial charge in [-0.05, 0) is 42.0 Å². The maximum absolute atomic E-state index is 12.6. The van der Waals surface area contributed by atoms with Crippen molar-refractivity contribution in [2.24, 2.45) is 5.92 Å². The Morgan fingerprint density at radius 1 is 1.06 bits per heavy atom. The molecule has 4 rings (SSSR count). The van der Waals surface area contributed by atoms with E-state index in [9.17, 15) is 14.7 Å². The zero-order valence-electron chi connectivity index (χ0n) is 18.4. The summed E-state index contributed by atoms with van der Waals surface area (Å²) >= 11 is 0. The number of benzene rings is 2. The molecule has 1 aliphatic heterocycles. The summed E-state index contributed by atoms with van der Waals surface area (Å²) in [5, 5.41) is 14.0.